The quantitative estimate of drug-likeness (QED) is 0.901. The number of amides is 1. The fourth-order valence-corrected chi connectivity index (χ4v) is 2.52. The van der Waals surface area contributed by atoms with Crippen molar-refractivity contribution in [1.82, 2.24) is 20.1 Å². The Kier molecular flexibility index (Phi) is 4.25. The molecule has 0 spiro atoms. The predicted molar refractivity (Wildman–Crippen MR) is 80.2 cm³/mol. The lowest BCUT2D eigenvalue weighted by molar-refractivity contribution is -0.118. The number of carbonyl (C=O) groups is 1. The van der Waals surface area contributed by atoms with Crippen LogP contribution in [0.5, 0.6) is 0 Å². The summed E-state index contributed by atoms with van der Waals surface area (Å²) in [5.74, 6) is 0.0467. The van der Waals surface area contributed by atoms with Crippen LogP contribution < -0.4 is 10.6 Å². The van der Waals surface area contributed by atoms with Crippen molar-refractivity contribution in [2.75, 3.05) is 11.9 Å². The van der Waals surface area contributed by atoms with E-state index in [1.807, 2.05) is 24.3 Å². The lowest BCUT2D eigenvalue weighted by Crippen LogP contribution is -2.39. The zero-order chi connectivity index (χ0) is 14.5. The zero-order valence-electron chi connectivity index (χ0n) is 11.8. The summed E-state index contributed by atoms with van der Waals surface area (Å²) < 4.78 is 1.68. The van der Waals surface area contributed by atoms with Crippen molar-refractivity contribution in [3.8, 4) is 5.69 Å². The summed E-state index contributed by atoms with van der Waals surface area (Å²) in [7, 11) is 0. The summed E-state index contributed by atoms with van der Waals surface area (Å²) in [6.07, 6.45) is 7.50. The van der Waals surface area contributed by atoms with Gasteiger partial charge in [0.2, 0.25) is 5.91 Å². The molecule has 6 heteroatoms. The third-order valence-electron chi connectivity index (χ3n) is 3.69. The van der Waals surface area contributed by atoms with Crippen LogP contribution in [0.25, 0.3) is 5.69 Å². The molecule has 6 nitrogen and oxygen atoms in total. The van der Waals surface area contributed by atoms with Gasteiger partial charge in [-0.15, -0.1) is 0 Å². The number of rotatable bonds is 3. The van der Waals surface area contributed by atoms with Crippen molar-refractivity contribution in [1.29, 1.82) is 0 Å². The first-order valence-corrected chi connectivity index (χ1v) is 7.32. The number of anilines is 1. The number of hydrogen-bond donors (Lipinski definition) is 2. The molecule has 0 radical (unpaired) electrons. The lowest BCUT2D eigenvalue weighted by Gasteiger charge is -2.15. The van der Waals surface area contributed by atoms with Gasteiger partial charge in [-0.2, -0.15) is 5.10 Å². The van der Waals surface area contributed by atoms with Gasteiger partial charge >= 0.3 is 0 Å². The molecular formula is C15H19N5O. The number of benzene rings is 1. The molecule has 1 aromatic heterocycles. The van der Waals surface area contributed by atoms with E-state index >= 15 is 0 Å². The van der Waals surface area contributed by atoms with Gasteiger partial charge in [-0.3, -0.25) is 4.79 Å². The average molecular weight is 285 g/mol. The first-order valence-electron chi connectivity index (χ1n) is 7.32. The second-order valence-electron chi connectivity index (χ2n) is 5.23. The normalized spacial score (nSPS) is 19.0. The van der Waals surface area contributed by atoms with Crippen LogP contribution in [0, 0.1) is 0 Å². The first kappa shape index (κ1) is 13.8. The maximum absolute atomic E-state index is 12.2. The van der Waals surface area contributed by atoms with Crippen LogP contribution in [0.3, 0.4) is 0 Å². The molecule has 1 atom stereocenters. The number of hydrogen-bond acceptors (Lipinski definition) is 4. The standard InChI is InChI=1S/C15H19N5O/c21-15(14-4-2-1-3-9-17-14)19-12-5-7-13(8-6-12)20-11-16-10-18-20/h5-8,10-11,14,17H,1-4,9H2,(H,19,21). The van der Waals surface area contributed by atoms with E-state index in [1.54, 1.807) is 11.0 Å². The molecule has 21 heavy (non-hydrogen) atoms. The van der Waals surface area contributed by atoms with Crippen LogP contribution in [0.1, 0.15) is 25.7 Å². The van der Waals surface area contributed by atoms with E-state index in [4.69, 9.17) is 0 Å². The molecule has 3 rings (SSSR count). The Morgan fingerprint density at radius 2 is 2.10 bits per heavy atom. The summed E-state index contributed by atoms with van der Waals surface area (Å²) in [6.45, 7) is 0.920. The molecule has 110 valence electrons. The maximum atomic E-state index is 12.2. The molecule has 1 amide bonds. The average Bonchev–Trinajstić information content (AvgIpc) is 2.90. The number of nitrogens with zero attached hydrogens (tertiary/aromatic N) is 3. The van der Waals surface area contributed by atoms with E-state index in [0.717, 1.165) is 37.2 Å². The van der Waals surface area contributed by atoms with Crippen molar-refractivity contribution < 1.29 is 4.79 Å². The van der Waals surface area contributed by atoms with E-state index in [-0.39, 0.29) is 11.9 Å². The largest absolute Gasteiger partial charge is 0.325 e. The fourth-order valence-electron chi connectivity index (χ4n) is 2.52. The van der Waals surface area contributed by atoms with Gasteiger partial charge in [0, 0.05) is 5.69 Å². The van der Waals surface area contributed by atoms with Crippen molar-refractivity contribution in [2.24, 2.45) is 0 Å². The van der Waals surface area contributed by atoms with Crippen LogP contribution in [0.4, 0.5) is 5.69 Å². The minimum atomic E-state index is -0.0810. The highest BCUT2D eigenvalue weighted by molar-refractivity contribution is 5.94. The van der Waals surface area contributed by atoms with Crippen molar-refractivity contribution in [3.63, 3.8) is 0 Å². The number of aromatic nitrogens is 3. The molecule has 0 aliphatic carbocycles. The molecule has 1 unspecified atom stereocenters. The number of nitrogens with one attached hydrogen (secondary N) is 2. The zero-order valence-corrected chi connectivity index (χ0v) is 11.8. The van der Waals surface area contributed by atoms with Crippen molar-refractivity contribution in [3.05, 3.63) is 36.9 Å². The predicted octanol–water partition coefficient (Wildman–Crippen LogP) is 1.74. The third kappa shape index (κ3) is 3.46. The van der Waals surface area contributed by atoms with Crippen LogP contribution in [0.15, 0.2) is 36.9 Å². The minimum absolute atomic E-state index is 0.0467. The smallest absolute Gasteiger partial charge is 0.241 e. The van der Waals surface area contributed by atoms with Crippen LogP contribution >= 0.6 is 0 Å². The molecule has 1 aliphatic rings. The Labute approximate surface area is 123 Å². The monoisotopic (exact) mass is 285 g/mol. The molecule has 0 saturated carbocycles. The molecule has 1 fully saturated rings. The first-order chi connectivity index (χ1) is 10.3. The molecule has 2 heterocycles. The summed E-state index contributed by atoms with van der Waals surface area (Å²) in [4.78, 5) is 16.1. The second-order valence-corrected chi connectivity index (χ2v) is 5.23. The second kappa shape index (κ2) is 6.49. The highest BCUT2D eigenvalue weighted by atomic mass is 16.2. The SMILES string of the molecule is O=C(Nc1ccc(-n2cncn2)cc1)C1CCCCCN1. The molecule has 2 N–H and O–H groups in total. The Hall–Kier alpha value is -2.21. The van der Waals surface area contributed by atoms with Gasteiger partial charge in [0.1, 0.15) is 12.7 Å². The highest BCUT2D eigenvalue weighted by Crippen LogP contribution is 2.14. The van der Waals surface area contributed by atoms with Crippen molar-refractivity contribution >= 4 is 11.6 Å². The van der Waals surface area contributed by atoms with Crippen LogP contribution in [-0.4, -0.2) is 33.3 Å². The highest BCUT2D eigenvalue weighted by Gasteiger charge is 2.19. The molecule has 1 aliphatic heterocycles. The summed E-state index contributed by atoms with van der Waals surface area (Å²) in [6, 6.07) is 7.50. The summed E-state index contributed by atoms with van der Waals surface area (Å²) in [5, 5.41) is 10.3. The van der Waals surface area contributed by atoms with E-state index in [2.05, 4.69) is 20.7 Å². The number of carbonyl (C=O) groups excluding carboxylic acids is 1. The van der Waals surface area contributed by atoms with Gasteiger partial charge in [0.25, 0.3) is 0 Å². The van der Waals surface area contributed by atoms with E-state index in [1.165, 1.54) is 12.7 Å². The van der Waals surface area contributed by atoms with E-state index < -0.39 is 0 Å². The third-order valence-corrected chi connectivity index (χ3v) is 3.69. The van der Waals surface area contributed by atoms with Gasteiger partial charge in [0.05, 0.1) is 11.7 Å². The molecular weight excluding hydrogens is 266 g/mol. The van der Waals surface area contributed by atoms with Gasteiger partial charge in [-0.25, -0.2) is 9.67 Å². The van der Waals surface area contributed by atoms with Crippen LogP contribution in [-0.2, 0) is 4.79 Å². The lowest BCUT2D eigenvalue weighted by atomic mass is 10.1. The van der Waals surface area contributed by atoms with Crippen molar-refractivity contribution in [2.45, 2.75) is 31.7 Å². The van der Waals surface area contributed by atoms with Gasteiger partial charge in [0.15, 0.2) is 0 Å². The Bertz CT molecular complexity index is 571. The molecule has 1 saturated heterocycles. The maximum Gasteiger partial charge on any atom is 0.241 e. The van der Waals surface area contributed by atoms with E-state index in [9.17, 15) is 4.79 Å². The van der Waals surface area contributed by atoms with Gasteiger partial charge in [-0.1, -0.05) is 12.8 Å². The molecule has 1 aromatic carbocycles. The molecule has 2 aromatic rings. The minimum Gasteiger partial charge on any atom is -0.325 e. The fraction of sp³-hybridized carbons (Fsp3) is 0.400. The Morgan fingerprint density at radius 1 is 1.24 bits per heavy atom. The van der Waals surface area contributed by atoms with Crippen LogP contribution in [0.2, 0.25) is 0 Å². The topological polar surface area (TPSA) is 71.8 Å². The summed E-state index contributed by atoms with van der Waals surface area (Å²) in [5.41, 5.74) is 1.72. The van der Waals surface area contributed by atoms with Gasteiger partial charge in [-0.05, 0) is 43.7 Å². The summed E-state index contributed by atoms with van der Waals surface area (Å²) >= 11 is 0. The van der Waals surface area contributed by atoms with E-state index in [0.29, 0.717) is 0 Å². The van der Waals surface area contributed by atoms with Gasteiger partial charge < -0.3 is 10.6 Å². The molecule has 0 bridgehead atoms. The Balaban J connectivity index is 1.63. The Morgan fingerprint density at radius 3 is 2.86 bits per heavy atom.